The fourth-order valence-corrected chi connectivity index (χ4v) is 5.05. The lowest BCUT2D eigenvalue weighted by atomic mass is 9.94. The Labute approximate surface area is 77.5 Å². The Balaban J connectivity index is 2.96. The molecule has 0 spiro atoms. The predicted octanol–water partition coefficient (Wildman–Crippen LogP) is 1.67. The first kappa shape index (κ1) is 10.5. The van der Waals surface area contributed by atoms with Gasteiger partial charge in [-0.1, -0.05) is 0 Å². The van der Waals surface area contributed by atoms with Crippen LogP contribution in [-0.2, 0) is 9.09 Å². The maximum absolute atomic E-state index is 11.7. The van der Waals surface area contributed by atoms with E-state index in [2.05, 4.69) is 0 Å². The van der Waals surface area contributed by atoms with E-state index in [0.29, 0.717) is 0 Å². The lowest BCUT2D eigenvalue weighted by Gasteiger charge is -2.28. The lowest BCUT2D eigenvalue weighted by Crippen LogP contribution is -2.44. The number of halogens is 1. The van der Waals surface area contributed by atoms with E-state index in [-0.39, 0.29) is 12.3 Å². The molecule has 0 aromatic carbocycles. The molecule has 0 saturated carbocycles. The highest BCUT2D eigenvalue weighted by Crippen LogP contribution is 2.61. The van der Waals surface area contributed by atoms with Gasteiger partial charge in [-0.2, -0.15) is 0 Å². The predicted molar refractivity (Wildman–Crippen MR) is 49.2 cm³/mol. The van der Waals surface area contributed by atoms with E-state index < -0.39 is 17.8 Å². The second-order valence-electron chi connectivity index (χ2n) is 3.78. The van der Waals surface area contributed by atoms with Gasteiger partial charge in [0.2, 0.25) is 7.37 Å². The largest absolute Gasteiger partial charge is 0.388 e. The van der Waals surface area contributed by atoms with Crippen LogP contribution < -0.4 is 0 Å². The Morgan fingerprint density at radius 2 is 2.00 bits per heavy atom. The van der Waals surface area contributed by atoms with Crippen LogP contribution in [0.15, 0.2) is 0 Å². The first-order valence-electron chi connectivity index (χ1n) is 3.78. The molecule has 0 aliphatic carbocycles. The van der Waals surface area contributed by atoms with Crippen LogP contribution in [0.5, 0.6) is 0 Å². The molecule has 5 heteroatoms. The molecule has 12 heavy (non-hydrogen) atoms. The molecule has 1 saturated heterocycles. The van der Waals surface area contributed by atoms with Crippen LogP contribution >= 0.6 is 19.0 Å². The summed E-state index contributed by atoms with van der Waals surface area (Å²) in [5, 5.41) is 9.80. The van der Waals surface area contributed by atoms with Gasteiger partial charge in [0.15, 0.2) is 0 Å². The molecular weight excluding hydrogens is 199 g/mol. The van der Waals surface area contributed by atoms with Gasteiger partial charge in [-0.25, -0.2) is 0 Å². The van der Waals surface area contributed by atoms with Crippen LogP contribution in [0.25, 0.3) is 0 Å². The number of aliphatic hydroxyl groups is 1. The summed E-state index contributed by atoms with van der Waals surface area (Å²) in [6.45, 7) is 3.28. The molecule has 1 N–H and O–H groups in total. The fourth-order valence-electron chi connectivity index (χ4n) is 1.44. The zero-order chi connectivity index (χ0) is 9.62. The van der Waals surface area contributed by atoms with Gasteiger partial charge in [0.1, 0.15) is 0 Å². The molecule has 0 aromatic rings. The number of alkyl halides is 1. The lowest BCUT2D eigenvalue weighted by molar-refractivity contribution is 0.0590. The van der Waals surface area contributed by atoms with Crippen LogP contribution in [0.2, 0.25) is 0 Å². The molecule has 0 aromatic heterocycles. The molecule has 0 amide bonds. The Hall–Kier alpha value is 0.440. The van der Waals surface area contributed by atoms with E-state index in [9.17, 15) is 9.67 Å². The van der Waals surface area contributed by atoms with Crippen LogP contribution in [0.1, 0.15) is 13.8 Å². The highest BCUT2D eigenvalue weighted by Gasteiger charge is 2.56. The summed E-state index contributed by atoms with van der Waals surface area (Å²) in [5.74, 6) is 0. The van der Waals surface area contributed by atoms with Crippen molar-refractivity contribution in [3.63, 3.8) is 0 Å². The minimum atomic E-state index is -2.68. The quantitative estimate of drug-likeness (QED) is 0.531. The molecule has 0 radical (unpaired) electrons. The Morgan fingerprint density at radius 1 is 1.50 bits per heavy atom. The third-order valence-electron chi connectivity index (χ3n) is 2.54. The van der Waals surface area contributed by atoms with E-state index >= 15 is 0 Å². The van der Waals surface area contributed by atoms with Gasteiger partial charge in [-0.05, 0) is 13.8 Å². The highest BCUT2D eigenvalue weighted by molar-refractivity contribution is 7.59. The van der Waals surface area contributed by atoms with Crippen LogP contribution in [0.4, 0.5) is 0 Å². The Kier molecular flexibility index (Phi) is 2.38. The summed E-state index contributed by atoms with van der Waals surface area (Å²) in [4.78, 5) is -0.835. The molecule has 0 bridgehead atoms. The summed E-state index contributed by atoms with van der Waals surface area (Å²) in [5.41, 5.74) is -1.10. The van der Waals surface area contributed by atoms with Gasteiger partial charge >= 0.3 is 0 Å². The van der Waals surface area contributed by atoms with Crippen molar-refractivity contribution in [2.24, 2.45) is 0 Å². The first-order chi connectivity index (χ1) is 5.22. The summed E-state index contributed by atoms with van der Waals surface area (Å²) in [7, 11) is -1.28. The summed E-state index contributed by atoms with van der Waals surface area (Å²) < 4.78 is 16.6. The van der Waals surface area contributed by atoms with E-state index in [1.54, 1.807) is 13.8 Å². The molecule has 3 nitrogen and oxygen atoms in total. The second kappa shape index (κ2) is 2.71. The average Bonchev–Trinajstić information content (AvgIpc) is 1.99. The van der Waals surface area contributed by atoms with Crippen molar-refractivity contribution >= 4 is 19.0 Å². The van der Waals surface area contributed by atoms with Crippen molar-refractivity contribution in [2.75, 3.05) is 19.4 Å². The van der Waals surface area contributed by atoms with Gasteiger partial charge in [0, 0.05) is 13.3 Å². The third-order valence-corrected chi connectivity index (χ3v) is 6.15. The van der Waals surface area contributed by atoms with Gasteiger partial charge in [0.05, 0.1) is 16.6 Å². The first-order valence-corrected chi connectivity index (χ1v) is 6.15. The second-order valence-corrected chi connectivity index (χ2v) is 7.25. The zero-order valence-corrected chi connectivity index (χ0v) is 9.15. The van der Waals surface area contributed by atoms with Crippen molar-refractivity contribution in [1.29, 1.82) is 0 Å². The molecular formula is C7H14ClO3P. The molecule has 72 valence electrons. The van der Waals surface area contributed by atoms with E-state index in [4.69, 9.17) is 16.1 Å². The Bertz CT molecular complexity index is 217. The van der Waals surface area contributed by atoms with Crippen molar-refractivity contribution in [3.05, 3.63) is 0 Å². The third kappa shape index (κ3) is 1.56. The van der Waals surface area contributed by atoms with E-state index in [1.165, 1.54) is 7.11 Å². The van der Waals surface area contributed by atoms with E-state index in [1.807, 2.05) is 0 Å². The normalized spacial score (nSPS) is 54.4. The van der Waals surface area contributed by atoms with Gasteiger partial charge < -0.3 is 9.63 Å². The van der Waals surface area contributed by atoms with Gasteiger partial charge in [-0.3, -0.25) is 4.57 Å². The van der Waals surface area contributed by atoms with Crippen molar-refractivity contribution in [3.8, 4) is 0 Å². The molecule has 3 unspecified atom stereocenters. The van der Waals surface area contributed by atoms with Crippen molar-refractivity contribution in [2.45, 2.75) is 24.3 Å². The molecule has 1 aliphatic rings. The number of rotatable bonds is 1. The van der Waals surface area contributed by atoms with Crippen molar-refractivity contribution < 1.29 is 14.2 Å². The van der Waals surface area contributed by atoms with Crippen LogP contribution in [-0.4, -0.2) is 35.0 Å². The number of hydrogen-bond donors (Lipinski definition) is 1. The van der Waals surface area contributed by atoms with Crippen LogP contribution in [0, 0.1) is 0 Å². The van der Waals surface area contributed by atoms with Crippen LogP contribution in [0.3, 0.4) is 0 Å². The van der Waals surface area contributed by atoms with E-state index in [0.717, 1.165) is 0 Å². The smallest absolute Gasteiger partial charge is 0.207 e. The molecule has 3 atom stereocenters. The minimum Gasteiger partial charge on any atom is -0.388 e. The highest BCUT2D eigenvalue weighted by atomic mass is 35.5. The van der Waals surface area contributed by atoms with Crippen molar-refractivity contribution in [1.82, 2.24) is 0 Å². The van der Waals surface area contributed by atoms with Gasteiger partial charge in [-0.15, -0.1) is 11.6 Å². The maximum Gasteiger partial charge on any atom is 0.207 e. The van der Waals surface area contributed by atoms with Gasteiger partial charge in [0.25, 0.3) is 0 Å². The molecule has 1 aliphatic heterocycles. The SMILES string of the molecule is COP1(=O)CC(C)(O)C(C)(Cl)C1. The number of hydrogen-bond acceptors (Lipinski definition) is 3. The average molecular weight is 213 g/mol. The minimum absolute atomic E-state index is 0.149. The summed E-state index contributed by atoms with van der Waals surface area (Å²) >= 11 is 6.02. The summed E-state index contributed by atoms with van der Waals surface area (Å²) in [6.07, 6.45) is 0.390. The fraction of sp³-hybridized carbons (Fsp3) is 1.00. The Morgan fingerprint density at radius 3 is 2.17 bits per heavy atom. The maximum atomic E-state index is 11.7. The topological polar surface area (TPSA) is 46.5 Å². The summed E-state index contributed by atoms with van der Waals surface area (Å²) in [6, 6.07) is 0. The monoisotopic (exact) mass is 212 g/mol. The molecule has 1 rings (SSSR count). The standard InChI is InChI=1S/C7H14ClO3P/c1-6(8)4-12(10,11-3)5-7(6,2)9/h9H,4-5H2,1-3H3. The molecule has 1 fully saturated rings. The zero-order valence-electron chi connectivity index (χ0n) is 7.50. The molecule has 1 heterocycles.